The monoisotopic (exact) mass is 518 g/mol. The van der Waals surface area contributed by atoms with Gasteiger partial charge in [-0.15, -0.1) is 0 Å². The molecule has 4 aliphatic rings. The number of hydrogen-bond acceptors (Lipinski definition) is 5. The largest absolute Gasteiger partial charge is 0.459 e. The van der Waals surface area contributed by atoms with Crippen LogP contribution in [0.15, 0.2) is 11.1 Å². The Bertz CT molecular complexity index is 896. The summed E-state index contributed by atoms with van der Waals surface area (Å²) in [5.74, 6) is 2.76. The Hall–Kier alpha value is -0.910. The number of hydrogen-bond donors (Lipinski definition) is 2. The third kappa shape index (κ3) is 4.63. The molecule has 4 aliphatic carbocycles. The van der Waals surface area contributed by atoms with Gasteiger partial charge in [-0.3, -0.25) is 4.79 Å². The number of methoxy groups -OCH3 is 1. The number of carbonyl (C=O) groups is 1. The fourth-order valence-electron chi connectivity index (χ4n) is 9.80. The van der Waals surface area contributed by atoms with Gasteiger partial charge in [0.05, 0.1) is 12.2 Å². The molecule has 4 rings (SSSR count). The van der Waals surface area contributed by atoms with E-state index in [2.05, 4.69) is 48.5 Å². The molecule has 0 aromatic rings. The van der Waals surface area contributed by atoms with Gasteiger partial charge in [0.25, 0.3) is 0 Å². The highest BCUT2D eigenvalue weighted by Gasteiger charge is 2.68. The lowest BCUT2D eigenvalue weighted by atomic mass is 9.42. The minimum Gasteiger partial charge on any atom is -0.459 e. The van der Waals surface area contributed by atoms with Crippen LogP contribution in [0.3, 0.4) is 0 Å². The molecule has 37 heavy (non-hydrogen) atoms. The van der Waals surface area contributed by atoms with Crippen LogP contribution in [0.5, 0.6) is 0 Å². The summed E-state index contributed by atoms with van der Waals surface area (Å²) < 4.78 is 12.1. The zero-order chi connectivity index (χ0) is 27.5. The van der Waals surface area contributed by atoms with Crippen LogP contribution in [0.2, 0.25) is 0 Å². The van der Waals surface area contributed by atoms with Crippen LogP contribution in [-0.4, -0.2) is 47.2 Å². The van der Waals surface area contributed by atoms with Gasteiger partial charge >= 0.3 is 5.97 Å². The van der Waals surface area contributed by atoms with Gasteiger partial charge in [0.2, 0.25) is 0 Å². The Morgan fingerprint density at radius 1 is 1.05 bits per heavy atom. The first-order chi connectivity index (χ1) is 17.2. The van der Waals surface area contributed by atoms with E-state index in [9.17, 15) is 15.0 Å². The summed E-state index contributed by atoms with van der Waals surface area (Å²) in [6.45, 7) is 17.9. The quantitative estimate of drug-likeness (QED) is 0.318. The van der Waals surface area contributed by atoms with Crippen LogP contribution in [0.25, 0.3) is 0 Å². The van der Waals surface area contributed by atoms with E-state index in [1.54, 1.807) is 0 Å². The van der Waals surface area contributed by atoms with E-state index < -0.39 is 17.8 Å². The fourth-order valence-corrected chi connectivity index (χ4v) is 9.80. The van der Waals surface area contributed by atoms with Gasteiger partial charge in [-0.2, -0.15) is 0 Å². The minimum absolute atomic E-state index is 0.0630. The van der Waals surface area contributed by atoms with Gasteiger partial charge in [-0.25, -0.2) is 0 Å². The molecule has 212 valence electrons. The molecule has 0 heterocycles. The van der Waals surface area contributed by atoms with Gasteiger partial charge in [0.15, 0.2) is 0 Å². The topological polar surface area (TPSA) is 76.0 Å². The fraction of sp³-hybridized carbons (Fsp3) is 0.906. The highest BCUT2D eigenvalue weighted by molar-refractivity contribution is 5.66. The summed E-state index contributed by atoms with van der Waals surface area (Å²) in [6, 6.07) is 0. The highest BCUT2D eigenvalue weighted by atomic mass is 16.6. The molecule has 0 bridgehead atoms. The Morgan fingerprint density at radius 2 is 1.73 bits per heavy atom. The molecule has 5 heteroatoms. The van der Waals surface area contributed by atoms with Crippen LogP contribution in [0.4, 0.5) is 0 Å². The maximum absolute atomic E-state index is 12.2. The molecule has 0 saturated heterocycles. The number of esters is 1. The molecule has 0 aliphatic heterocycles. The zero-order valence-electron chi connectivity index (χ0n) is 25.0. The number of ether oxygens (including phenoxy) is 2. The number of aliphatic hydroxyl groups is 2. The first-order valence-electron chi connectivity index (χ1n) is 15.0. The van der Waals surface area contributed by atoms with Crippen LogP contribution < -0.4 is 0 Å². The molecule has 0 radical (unpaired) electrons. The third-order valence-electron chi connectivity index (χ3n) is 12.2. The van der Waals surface area contributed by atoms with E-state index in [0.717, 1.165) is 32.1 Å². The standard InChI is InChI=1S/C32H54O5/c1-18(2)21(5)19(3)14-20(4)29-27(36-9)16-26-24-15-28(37-22(6)33)32(35)17-23(34)10-13-31(32,8)25(24)11-12-30(26,29)7/h18-19,21,23-28,34-35H,10-17H2,1-9H3/b29-20+/t19-,21-,23+,24-,25+,26+,27+,28-,30+,31-,32+/m1/s1. The van der Waals surface area contributed by atoms with Crippen molar-refractivity contribution in [2.24, 2.45) is 46.3 Å². The molecular weight excluding hydrogens is 464 g/mol. The SMILES string of the molecule is CO[C@H]1C[C@H]2[C@@H]3C[C@@H](OC(C)=O)[C@@]4(O)C[C@@H](O)CC[C@]4(C)[C@H]3CC[C@]2(C)/C1=C(\C)C[C@@H](C)[C@H](C)C(C)C. The Labute approximate surface area is 225 Å². The Kier molecular flexibility index (Phi) is 8.05. The van der Waals surface area contributed by atoms with Gasteiger partial charge < -0.3 is 19.7 Å². The second kappa shape index (κ2) is 10.2. The second-order valence-electron chi connectivity index (χ2n) is 14.3. The van der Waals surface area contributed by atoms with Crippen LogP contribution in [0.1, 0.15) is 107 Å². The lowest BCUT2D eigenvalue weighted by Gasteiger charge is -2.65. The van der Waals surface area contributed by atoms with Crippen molar-refractivity contribution in [3.63, 3.8) is 0 Å². The third-order valence-corrected chi connectivity index (χ3v) is 12.2. The molecular formula is C32H54O5. The van der Waals surface area contributed by atoms with Crippen molar-refractivity contribution >= 4 is 5.97 Å². The van der Waals surface area contributed by atoms with E-state index >= 15 is 0 Å². The molecule has 4 saturated carbocycles. The van der Waals surface area contributed by atoms with E-state index in [0.29, 0.717) is 54.8 Å². The number of carbonyl (C=O) groups excluding carboxylic acids is 1. The molecule has 2 N–H and O–H groups in total. The molecule has 0 spiro atoms. The Balaban J connectivity index is 1.71. The summed E-state index contributed by atoms with van der Waals surface area (Å²) in [4.78, 5) is 12.2. The molecule has 0 aromatic heterocycles. The van der Waals surface area contributed by atoms with Crippen molar-refractivity contribution in [2.45, 2.75) is 131 Å². The van der Waals surface area contributed by atoms with E-state index in [1.807, 2.05) is 7.11 Å². The van der Waals surface area contributed by atoms with E-state index in [-0.39, 0.29) is 22.9 Å². The average molecular weight is 519 g/mol. The first kappa shape index (κ1) is 29.1. The lowest BCUT2D eigenvalue weighted by molar-refractivity contribution is -0.267. The number of aliphatic hydroxyl groups excluding tert-OH is 1. The average Bonchev–Trinajstić information content (AvgIpc) is 3.12. The maximum atomic E-state index is 12.2. The van der Waals surface area contributed by atoms with Gasteiger partial charge in [-0.1, -0.05) is 47.1 Å². The molecule has 0 unspecified atom stereocenters. The number of allylic oxidation sites excluding steroid dienone is 1. The van der Waals surface area contributed by atoms with Crippen LogP contribution in [0, 0.1) is 46.3 Å². The normalized spacial score (nSPS) is 46.5. The van der Waals surface area contributed by atoms with Gasteiger partial charge in [0.1, 0.15) is 11.7 Å². The smallest absolute Gasteiger partial charge is 0.303 e. The first-order valence-corrected chi connectivity index (χ1v) is 15.0. The summed E-state index contributed by atoms with van der Waals surface area (Å²) >= 11 is 0. The van der Waals surface area contributed by atoms with Crippen molar-refractivity contribution in [3.8, 4) is 0 Å². The van der Waals surface area contributed by atoms with Crippen molar-refractivity contribution in [1.29, 1.82) is 0 Å². The van der Waals surface area contributed by atoms with Gasteiger partial charge in [0, 0.05) is 25.9 Å². The number of rotatable bonds is 6. The summed E-state index contributed by atoms with van der Waals surface area (Å²) in [5, 5.41) is 22.7. The maximum Gasteiger partial charge on any atom is 0.303 e. The van der Waals surface area contributed by atoms with Crippen molar-refractivity contribution in [1.82, 2.24) is 0 Å². The molecule has 0 aromatic carbocycles. The Morgan fingerprint density at radius 3 is 2.32 bits per heavy atom. The summed E-state index contributed by atoms with van der Waals surface area (Å²) in [6.07, 6.45) is 5.72. The molecule has 0 amide bonds. The summed E-state index contributed by atoms with van der Waals surface area (Å²) in [7, 11) is 1.86. The minimum atomic E-state index is -1.18. The van der Waals surface area contributed by atoms with Crippen molar-refractivity contribution < 1.29 is 24.5 Å². The second-order valence-corrected chi connectivity index (χ2v) is 14.3. The molecule has 5 nitrogen and oxygen atoms in total. The number of fused-ring (bicyclic) bond motifs is 5. The molecule has 4 fully saturated rings. The summed E-state index contributed by atoms with van der Waals surface area (Å²) in [5.41, 5.74) is 1.54. The van der Waals surface area contributed by atoms with E-state index in [4.69, 9.17) is 9.47 Å². The predicted molar refractivity (Wildman–Crippen MR) is 147 cm³/mol. The van der Waals surface area contributed by atoms with Crippen molar-refractivity contribution in [3.05, 3.63) is 11.1 Å². The lowest BCUT2D eigenvalue weighted by Crippen LogP contribution is -2.69. The predicted octanol–water partition coefficient (Wildman–Crippen LogP) is 6.31. The molecule has 11 atom stereocenters. The highest BCUT2D eigenvalue weighted by Crippen LogP contribution is 2.69. The van der Waals surface area contributed by atoms with Crippen LogP contribution >= 0.6 is 0 Å². The zero-order valence-corrected chi connectivity index (χ0v) is 25.0. The van der Waals surface area contributed by atoms with E-state index in [1.165, 1.54) is 18.1 Å². The van der Waals surface area contributed by atoms with Crippen LogP contribution in [-0.2, 0) is 14.3 Å². The van der Waals surface area contributed by atoms with Crippen molar-refractivity contribution in [2.75, 3.05) is 7.11 Å². The van der Waals surface area contributed by atoms with Gasteiger partial charge in [-0.05, 0) is 98.4 Å².